The van der Waals surface area contributed by atoms with E-state index in [0.29, 0.717) is 23.2 Å². The van der Waals surface area contributed by atoms with Gasteiger partial charge in [-0.1, -0.05) is 6.07 Å². The number of nitrogens with one attached hydrogen (secondary N) is 2. The van der Waals surface area contributed by atoms with Crippen LogP contribution >= 0.6 is 0 Å². The number of halogens is 2. The van der Waals surface area contributed by atoms with E-state index in [0.717, 1.165) is 85.8 Å². The van der Waals surface area contributed by atoms with Gasteiger partial charge in [-0.05, 0) is 55.5 Å². The molecule has 6 rings (SSSR count). The van der Waals surface area contributed by atoms with Gasteiger partial charge in [-0.25, -0.2) is 18.7 Å². The Morgan fingerprint density at radius 1 is 0.971 bits per heavy atom. The minimum absolute atomic E-state index is 0.345. The molecule has 0 atom stereocenters. The van der Waals surface area contributed by atoms with Gasteiger partial charge in [0.1, 0.15) is 29.4 Å². The maximum Gasteiger partial charge on any atom is 0.143 e. The average molecular weight is 464 g/mol. The van der Waals surface area contributed by atoms with Crippen molar-refractivity contribution in [3.05, 3.63) is 54.4 Å². The van der Waals surface area contributed by atoms with E-state index in [-0.39, 0.29) is 0 Å². The minimum atomic E-state index is -0.586. The summed E-state index contributed by atoms with van der Waals surface area (Å²) in [4.78, 5) is 14.9. The molecule has 1 saturated heterocycles. The summed E-state index contributed by atoms with van der Waals surface area (Å²) in [6.45, 7) is 3.73. The molecular formula is C26H27F2N5O. The first-order valence-corrected chi connectivity index (χ1v) is 12.0. The molecule has 2 N–H and O–H groups in total. The maximum absolute atomic E-state index is 14.4. The molecule has 2 aromatic carbocycles. The van der Waals surface area contributed by atoms with Crippen LogP contribution in [0.3, 0.4) is 0 Å². The Morgan fingerprint density at radius 3 is 2.59 bits per heavy atom. The van der Waals surface area contributed by atoms with Crippen molar-refractivity contribution in [2.75, 3.05) is 31.6 Å². The third-order valence-electron chi connectivity index (χ3n) is 7.23. The van der Waals surface area contributed by atoms with Crippen LogP contribution in [0.2, 0.25) is 0 Å². The molecule has 0 radical (unpaired) electrons. The molecule has 1 saturated carbocycles. The average Bonchev–Trinajstić information content (AvgIpc) is 3.24. The number of fused-ring (bicyclic) bond motifs is 3. The Kier molecular flexibility index (Phi) is 5.63. The lowest BCUT2D eigenvalue weighted by Crippen LogP contribution is -2.46. The molecule has 8 heteroatoms. The van der Waals surface area contributed by atoms with Crippen molar-refractivity contribution >= 4 is 27.8 Å². The summed E-state index contributed by atoms with van der Waals surface area (Å²) in [5, 5.41) is 5.48. The van der Waals surface area contributed by atoms with Crippen molar-refractivity contribution in [3.63, 3.8) is 0 Å². The summed E-state index contributed by atoms with van der Waals surface area (Å²) < 4.78 is 33.3. The van der Waals surface area contributed by atoms with E-state index < -0.39 is 11.6 Å². The molecule has 176 valence electrons. The van der Waals surface area contributed by atoms with Crippen molar-refractivity contribution in [2.24, 2.45) is 0 Å². The number of aromatic amines is 1. The molecule has 0 unspecified atom stereocenters. The van der Waals surface area contributed by atoms with Crippen LogP contribution in [0, 0.1) is 11.6 Å². The van der Waals surface area contributed by atoms with E-state index in [1.807, 2.05) is 18.2 Å². The molecule has 0 spiro atoms. The van der Waals surface area contributed by atoms with E-state index >= 15 is 0 Å². The highest BCUT2D eigenvalue weighted by Crippen LogP contribution is 2.35. The topological polar surface area (TPSA) is 66.1 Å². The molecule has 0 bridgehead atoms. The molecule has 1 aliphatic carbocycles. The van der Waals surface area contributed by atoms with Gasteiger partial charge >= 0.3 is 0 Å². The Labute approximate surface area is 196 Å². The van der Waals surface area contributed by atoms with E-state index in [1.165, 1.54) is 12.1 Å². The van der Waals surface area contributed by atoms with Crippen LogP contribution in [0.5, 0.6) is 0 Å². The van der Waals surface area contributed by atoms with Gasteiger partial charge in [0.15, 0.2) is 0 Å². The molecule has 2 aromatic heterocycles. The van der Waals surface area contributed by atoms with Gasteiger partial charge in [0.05, 0.1) is 18.6 Å². The number of anilines is 1. The number of nitrogens with zero attached hydrogens (tertiary/aromatic N) is 3. The molecule has 2 fully saturated rings. The minimum Gasteiger partial charge on any atom is -0.379 e. The largest absolute Gasteiger partial charge is 0.379 e. The van der Waals surface area contributed by atoms with Gasteiger partial charge < -0.3 is 15.0 Å². The number of morpholine rings is 1. The summed E-state index contributed by atoms with van der Waals surface area (Å²) >= 11 is 0. The van der Waals surface area contributed by atoms with Crippen LogP contribution in [-0.4, -0.2) is 58.2 Å². The Balaban J connectivity index is 1.28. The number of aromatic nitrogens is 3. The van der Waals surface area contributed by atoms with Gasteiger partial charge in [0.2, 0.25) is 0 Å². The zero-order valence-electron chi connectivity index (χ0n) is 18.9. The van der Waals surface area contributed by atoms with E-state index in [4.69, 9.17) is 4.74 Å². The van der Waals surface area contributed by atoms with Crippen LogP contribution in [-0.2, 0) is 4.74 Å². The summed E-state index contributed by atoms with van der Waals surface area (Å²) in [6, 6.07) is 10.3. The second kappa shape index (κ2) is 8.92. The molecule has 0 amide bonds. The highest BCUT2D eigenvalue weighted by atomic mass is 19.1. The van der Waals surface area contributed by atoms with Crippen LogP contribution in [0.4, 0.5) is 14.6 Å². The number of benzene rings is 2. The van der Waals surface area contributed by atoms with Crippen LogP contribution in [0.25, 0.3) is 33.1 Å². The van der Waals surface area contributed by atoms with Crippen molar-refractivity contribution in [1.82, 2.24) is 19.9 Å². The van der Waals surface area contributed by atoms with Crippen LogP contribution < -0.4 is 5.32 Å². The SMILES string of the molecule is Fc1ccc(-c2ccc3[nH]c4ncnc(NC5CCC(N6CCOCC6)CC5)c4c3c2)c(F)c1. The first kappa shape index (κ1) is 21.4. The van der Waals surface area contributed by atoms with E-state index in [2.05, 4.69) is 25.2 Å². The monoisotopic (exact) mass is 463 g/mol. The van der Waals surface area contributed by atoms with Crippen molar-refractivity contribution in [2.45, 2.75) is 37.8 Å². The van der Waals surface area contributed by atoms with Crippen LogP contribution in [0.15, 0.2) is 42.7 Å². The molecule has 1 aliphatic heterocycles. The molecule has 3 heterocycles. The third kappa shape index (κ3) is 4.01. The number of hydrogen-bond acceptors (Lipinski definition) is 5. The lowest BCUT2D eigenvalue weighted by Gasteiger charge is -2.39. The smallest absolute Gasteiger partial charge is 0.143 e. The van der Waals surface area contributed by atoms with E-state index in [1.54, 1.807) is 6.33 Å². The van der Waals surface area contributed by atoms with Crippen molar-refractivity contribution < 1.29 is 13.5 Å². The highest BCUT2D eigenvalue weighted by molar-refractivity contribution is 6.12. The summed E-state index contributed by atoms with van der Waals surface area (Å²) in [5.74, 6) is -0.369. The second-order valence-electron chi connectivity index (χ2n) is 9.25. The number of ether oxygens (including phenoxy) is 1. The number of rotatable bonds is 4. The van der Waals surface area contributed by atoms with Crippen LogP contribution in [0.1, 0.15) is 25.7 Å². The van der Waals surface area contributed by atoms with Gasteiger partial charge in [-0.3, -0.25) is 4.90 Å². The summed E-state index contributed by atoms with van der Waals surface area (Å²) in [6.07, 6.45) is 6.06. The standard InChI is InChI=1S/C26H27F2N5O/c27-17-2-7-20(22(28)14-17)16-1-8-23-21(13-16)24-25(29-15-30-26(24)32-23)31-18-3-5-19(6-4-18)33-9-11-34-12-10-33/h1-2,7-8,13-15,18-19H,3-6,9-12H2,(H2,29,30,31,32). The molecule has 4 aromatic rings. The van der Waals surface area contributed by atoms with Gasteiger partial charge in [-0.15, -0.1) is 0 Å². The zero-order chi connectivity index (χ0) is 23.1. The first-order valence-electron chi connectivity index (χ1n) is 12.0. The fourth-order valence-electron chi connectivity index (χ4n) is 5.44. The fraction of sp³-hybridized carbons (Fsp3) is 0.385. The third-order valence-corrected chi connectivity index (χ3v) is 7.23. The molecular weight excluding hydrogens is 436 g/mol. The highest BCUT2D eigenvalue weighted by Gasteiger charge is 2.27. The lowest BCUT2D eigenvalue weighted by molar-refractivity contribution is 0.00791. The lowest BCUT2D eigenvalue weighted by atomic mass is 9.90. The number of hydrogen-bond donors (Lipinski definition) is 2. The zero-order valence-corrected chi connectivity index (χ0v) is 18.9. The van der Waals surface area contributed by atoms with E-state index in [9.17, 15) is 8.78 Å². The first-order chi connectivity index (χ1) is 16.7. The van der Waals surface area contributed by atoms with Crippen molar-refractivity contribution in [3.8, 4) is 11.1 Å². The van der Waals surface area contributed by atoms with Crippen molar-refractivity contribution in [1.29, 1.82) is 0 Å². The summed E-state index contributed by atoms with van der Waals surface area (Å²) in [7, 11) is 0. The van der Waals surface area contributed by atoms with Gasteiger partial charge in [0, 0.05) is 47.7 Å². The fourth-order valence-corrected chi connectivity index (χ4v) is 5.44. The molecule has 2 aliphatic rings. The molecule has 6 nitrogen and oxygen atoms in total. The number of H-pyrrole nitrogens is 1. The maximum atomic E-state index is 14.4. The second-order valence-corrected chi connectivity index (χ2v) is 9.25. The van der Waals surface area contributed by atoms with Gasteiger partial charge in [0.25, 0.3) is 0 Å². The molecule has 34 heavy (non-hydrogen) atoms. The predicted octanol–water partition coefficient (Wildman–Crippen LogP) is 5.11. The summed E-state index contributed by atoms with van der Waals surface area (Å²) in [5.41, 5.74) is 2.70. The Bertz CT molecular complexity index is 1330. The Hall–Kier alpha value is -3.10. The normalized spacial score (nSPS) is 21.8. The van der Waals surface area contributed by atoms with Gasteiger partial charge in [-0.2, -0.15) is 0 Å². The quantitative estimate of drug-likeness (QED) is 0.440. The Morgan fingerprint density at radius 2 is 1.79 bits per heavy atom. The predicted molar refractivity (Wildman–Crippen MR) is 129 cm³/mol.